The molecule has 0 unspecified atom stereocenters. The van der Waals surface area contributed by atoms with E-state index in [0.29, 0.717) is 0 Å². The normalized spacial score (nSPS) is 3.60. The van der Waals surface area contributed by atoms with Gasteiger partial charge in [0.05, 0.1) is 0 Å². The molecule has 0 fully saturated rings. The first-order valence-electron chi connectivity index (χ1n) is 1.15. The summed E-state index contributed by atoms with van der Waals surface area (Å²) in [7, 11) is 0.750. The Hall–Kier alpha value is 0.983. The van der Waals surface area contributed by atoms with E-state index in [1.165, 1.54) is 0 Å². The molecule has 0 aliphatic carbocycles. The van der Waals surface area contributed by atoms with Crippen LogP contribution in [0.25, 0.3) is 0 Å². The fourth-order valence-electron chi connectivity index (χ4n) is 0. The Labute approximate surface area is 53.3 Å². The number of rotatable bonds is 0. The van der Waals surface area contributed by atoms with Crippen molar-refractivity contribution in [1.82, 2.24) is 0 Å². The third kappa shape index (κ3) is 45.9. The van der Waals surface area contributed by atoms with E-state index < -0.39 is 0 Å². The Bertz CT molecular complexity index is 6.85. The fourth-order valence-corrected chi connectivity index (χ4v) is 0. The zero-order valence-corrected chi connectivity index (χ0v) is 6.85. The van der Waals surface area contributed by atoms with Crippen LogP contribution in [0.2, 0.25) is 13.1 Å². The molecule has 0 atom stereocenters. The summed E-state index contributed by atoms with van der Waals surface area (Å²) in [4.78, 5) is 0. The second kappa shape index (κ2) is 20.1. The molecule has 0 rings (SSSR count). The third-order valence-corrected chi connectivity index (χ3v) is 0. The van der Waals surface area contributed by atoms with Crippen LogP contribution in [0.5, 0.6) is 0 Å². The monoisotopic (exact) mass is 98.0 g/mol. The number of hydrogen-bond acceptors (Lipinski definition) is 0. The molecule has 2 heteroatoms. The van der Waals surface area contributed by atoms with Crippen LogP contribution in [0.15, 0.2) is 0 Å². The zero-order valence-electron chi connectivity index (χ0n) is 4.28. The fraction of sp³-hybridized carbons (Fsp3) is 0.667. The molecule has 0 radical (unpaired) electrons. The van der Waals surface area contributed by atoms with Crippen molar-refractivity contribution in [2.24, 2.45) is 0 Å². The van der Waals surface area contributed by atoms with E-state index in [-0.39, 0.29) is 30.5 Å². The molecule has 0 nitrogen and oxygen atoms in total. The van der Waals surface area contributed by atoms with E-state index in [0.717, 1.165) is 9.52 Å². The van der Waals surface area contributed by atoms with Crippen molar-refractivity contribution >= 4 is 32.6 Å². The summed E-state index contributed by atoms with van der Waals surface area (Å²) >= 11 is 0. The van der Waals surface area contributed by atoms with Crippen molar-refractivity contribution in [1.29, 1.82) is 0 Å². The van der Waals surface area contributed by atoms with Gasteiger partial charge in [-0.05, 0) is 0 Å². The molecule has 0 aliphatic heterocycles. The summed E-state index contributed by atoms with van der Waals surface area (Å²) in [6.07, 6.45) is 0. The molecule has 0 heterocycles. The average Bonchev–Trinajstić information content (AvgIpc) is 0.918. The van der Waals surface area contributed by atoms with E-state index in [2.05, 4.69) is 13.1 Å². The molecule has 0 spiro atoms. The summed E-state index contributed by atoms with van der Waals surface area (Å²) in [5, 5.41) is 0. The predicted octanol–water partition coefficient (Wildman–Crippen LogP) is 0.589. The minimum atomic E-state index is 0. The van der Waals surface area contributed by atoms with Crippen molar-refractivity contribution < 1.29 is 0 Å². The number of hydrogen-bond donors (Lipinski definition) is 0. The van der Waals surface area contributed by atoms with Gasteiger partial charge in [-0.15, -0.1) is 0 Å². The first-order valence-corrected chi connectivity index (χ1v) is 3.46. The van der Waals surface area contributed by atoms with Gasteiger partial charge in [-0.2, -0.15) is 13.1 Å². The molecule has 0 bridgehead atoms. The summed E-state index contributed by atoms with van der Waals surface area (Å²) in [5.41, 5.74) is 0. The van der Waals surface area contributed by atoms with Crippen molar-refractivity contribution in [3.63, 3.8) is 0 Å². The smallest absolute Gasteiger partial charge is 0.358 e. The molecule has 0 aromatic heterocycles. The average molecular weight is 98.5 g/mol. The maximum Gasteiger partial charge on any atom is 2.00 e. The van der Waals surface area contributed by atoms with Gasteiger partial charge in [0.1, 0.15) is 0 Å². The minimum Gasteiger partial charge on any atom is -0.358 e. The van der Waals surface area contributed by atoms with Crippen LogP contribution in [0.4, 0.5) is 0 Å². The molecule has 0 N–H and O–H groups in total. The minimum absolute atomic E-state index is 0. The Balaban J connectivity index is -0.0000000200. The Morgan fingerprint density at radius 2 is 1.20 bits per heavy atom. The second-order valence-corrected chi connectivity index (χ2v) is 1.73. The molecule has 0 amide bonds. The quantitative estimate of drug-likeness (QED) is 0.307. The molecule has 0 aliphatic rings. The first kappa shape index (κ1) is 16.7. The summed E-state index contributed by atoms with van der Waals surface area (Å²) in [5.74, 6) is 0. The topological polar surface area (TPSA) is 0 Å². The largest absolute Gasteiger partial charge is 2.00 e. The van der Waals surface area contributed by atoms with Gasteiger partial charge < -0.3 is 7.43 Å². The van der Waals surface area contributed by atoms with Crippen molar-refractivity contribution in [2.75, 3.05) is 0 Å². The third-order valence-electron chi connectivity index (χ3n) is 0. The Morgan fingerprint density at radius 3 is 1.20 bits per heavy atom. The molecule has 0 aromatic rings. The van der Waals surface area contributed by atoms with Gasteiger partial charge in [0.25, 0.3) is 0 Å². The zero-order chi connectivity index (χ0) is 2.71. The van der Waals surface area contributed by atoms with Gasteiger partial charge in [-0.3, -0.25) is 9.52 Å². The molecular formula is C3H10MgSi. The molecule has 0 aromatic carbocycles. The van der Waals surface area contributed by atoms with Gasteiger partial charge in [0.2, 0.25) is 0 Å². The molecule has 5 heavy (non-hydrogen) atoms. The van der Waals surface area contributed by atoms with Crippen molar-refractivity contribution in [2.45, 2.75) is 13.1 Å². The van der Waals surface area contributed by atoms with E-state index in [9.17, 15) is 0 Å². The summed E-state index contributed by atoms with van der Waals surface area (Å²) in [6.45, 7) is 4.42. The van der Waals surface area contributed by atoms with Gasteiger partial charge >= 0.3 is 23.1 Å². The standard InChI is InChI=1S/C2H7Si.CH3.Mg/c1-3-2;;/h3H,1-2H3;1H3;/q2*-1;+2. The van der Waals surface area contributed by atoms with E-state index in [1.807, 2.05) is 0 Å². The van der Waals surface area contributed by atoms with Gasteiger partial charge in [0, 0.05) is 0 Å². The maximum atomic E-state index is 2.21. The maximum absolute atomic E-state index is 2.21. The molecule has 28 valence electrons. The van der Waals surface area contributed by atoms with Crippen LogP contribution in [0.3, 0.4) is 0 Å². The Morgan fingerprint density at radius 1 is 1.20 bits per heavy atom. The summed E-state index contributed by atoms with van der Waals surface area (Å²) < 4.78 is 0. The van der Waals surface area contributed by atoms with E-state index >= 15 is 0 Å². The van der Waals surface area contributed by atoms with Gasteiger partial charge in [-0.25, -0.2) is 0 Å². The molecule has 0 saturated carbocycles. The molecular weight excluding hydrogens is 88.4 g/mol. The first-order chi connectivity index (χ1) is 1.41. The van der Waals surface area contributed by atoms with Gasteiger partial charge in [0.15, 0.2) is 0 Å². The van der Waals surface area contributed by atoms with Crippen LogP contribution < -0.4 is 0 Å². The SMILES string of the molecule is C[SiH-]C.[CH3-].[Mg+2]. The van der Waals surface area contributed by atoms with Crippen LogP contribution in [0.1, 0.15) is 0 Å². The second-order valence-electron chi connectivity index (χ2n) is 0.577. The van der Waals surface area contributed by atoms with Crippen LogP contribution in [-0.2, 0) is 0 Å². The molecule has 0 saturated heterocycles. The van der Waals surface area contributed by atoms with Crippen molar-refractivity contribution in [3.05, 3.63) is 7.43 Å². The summed E-state index contributed by atoms with van der Waals surface area (Å²) in [6, 6.07) is 0. The van der Waals surface area contributed by atoms with Crippen LogP contribution in [0, 0.1) is 7.43 Å². The van der Waals surface area contributed by atoms with E-state index in [1.54, 1.807) is 0 Å². The van der Waals surface area contributed by atoms with Gasteiger partial charge in [-0.1, -0.05) is 0 Å². The Kier molecular flexibility index (Phi) is 67.1. The van der Waals surface area contributed by atoms with E-state index in [4.69, 9.17) is 0 Å². The van der Waals surface area contributed by atoms with Crippen LogP contribution in [-0.4, -0.2) is 32.6 Å². The predicted molar refractivity (Wildman–Crippen MR) is 31.0 cm³/mol. The van der Waals surface area contributed by atoms with Crippen molar-refractivity contribution in [3.8, 4) is 0 Å². The van der Waals surface area contributed by atoms with Crippen LogP contribution >= 0.6 is 0 Å².